The number of benzene rings is 1. The van der Waals surface area contributed by atoms with Crippen LogP contribution in [0.25, 0.3) is 0 Å². The molecule has 0 fully saturated rings. The lowest BCUT2D eigenvalue weighted by molar-refractivity contribution is 0.0694. The van der Waals surface area contributed by atoms with Crippen LogP contribution >= 0.6 is 0 Å². The molecule has 0 radical (unpaired) electrons. The van der Waals surface area contributed by atoms with Crippen molar-refractivity contribution in [1.29, 1.82) is 0 Å². The fraction of sp³-hybridized carbons (Fsp3) is 0.286. The summed E-state index contributed by atoms with van der Waals surface area (Å²) in [5.74, 6) is -0.672. The Balaban J connectivity index is 2.03. The first-order chi connectivity index (χ1) is 12.8. The number of carboxylic acids is 1. The van der Waals surface area contributed by atoms with Crippen LogP contribution in [0.1, 0.15) is 43.1 Å². The molecule has 1 unspecified atom stereocenters. The van der Waals surface area contributed by atoms with Crippen LogP contribution in [0.5, 0.6) is 0 Å². The second-order valence-electron chi connectivity index (χ2n) is 7.00. The molecule has 1 heterocycles. The van der Waals surface area contributed by atoms with E-state index in [9.17, 15) is 14.7 Å². The number of nitrogens with one attached hydrogen (secondary N) is 1. The highest BCUT2D eigenvalue weighted by Crippen LogP contribution is 2.29. The van der Waals surface area contributed by atoms with Gasteiger partial charge in [0.05, 0.1) is 6.54 Å². The molecule has 1 aromatic heterocycles. The summed E-state index contributed by atoms with van der Waals surface area (Å²) in [4.78, 5) is 27.5. The van der Waals surface area contributed by atoms with Crippen molar-refractivity contribution in [2.75, 3.05) is 5.32 Å². The van der Waals surface area contributed by atoms with E-state index < -0.39 is 11.5 Å². The van der Waals surface area contributed by atoms with E-state index in [1.165, 1.54) is 17.3 Å². The predicted octanol–water partition coefficient (Wildman–Crippen LogP) is 3.66. The van der Waals surface area contributed by atoms with Crippen molar-refractivity contribution in [3.63, 3.8) is 0 Å². The summed E-state index contributed by atoms with van der Waals surface area (Å²) in [6, 6.07) is 9.64. The van der Waals surface area contributed by atoms with Crippen molar-refractivity contribution in [3.05, 3.63) is 80.9 Å². The summed E-state index contributed by atoms with van der Waals surface area (Å²) in [6.45, 7) is 6.69. The number of aromatic carboxylic acids is 1. The minimum Gasteiger partial charge on any atom is -0.477 e. The maximum atomic E-state index is 12.2. The van der Waals surface area contributed by atoms with Gasteiger partial charge in [-0.05, 0) is 37.8 Å². The van der Waals surface area contributed by atoms with Gasteiger partial charge in [0.1, 0.15) is 5.56 Å². The Hall–Kier alpha value is -3.15. The average Bonchev–Trinajstić information content (AvgIpc) is 2.62. The SMILES string of the molecule is CC1=C(C)CC(C)C(Nc2nc(=O)c(C(=O)O)cn2Cc2ccccc2)=C1. The van der Waals surface area contributed by atoms with E-state index in [1.54, 1.807) is 4.57 Å². The second-order valence-corrected chi connectivity index (χ2v) is 7.00. The molecule has 140 valence electrons. The smallest absolute Gasteiger partial charge is 0.342 e. The third-order valence-electron chi connectivity index (χ3n) is 4.87. The fourth-order valence-electron chi connectivity index (χ4n) is 3.16. The van der Waals surface area contributed by atoms with Crippen LogP contribution in [-0.4, -0.2) is 20.6 Å². The highest BCUT2D eigenvalue weighted by atomic mass is 16.4. The number of allylic oxidation sites excluding steroid dienone is 4. The Labute approximate surface area is 157 Å². The van der Waals surface area contributed by atoms with Crippen molar-refractivity contribution in [1.82, 2.24) is 9.55 Å². The van der Waals surface area contributed by atoms with Crippen LogP contribution in [0, 0.1) is 5.92 Å². The Morgan fingerprint density at radius 1 is 1.30 bits per heavy atom. The number of rotatable bonds is 5. The van der Waals surface area contributed by atoms with Gasteiger partial charge in [-0.25, -0.2) is 4.79 Å². The zero-order valence-electron chi connectivity index (χ0n) is 15.7. The average molecular weight is 365 g/mol. The Kier molecular flexibility index (Phi) is 5.26. The number of anilines is 1. The van der Waals surface area contributed by atoms with Gasteiger partial charge in [-0.15, -0.1) is 0 Å². The zero-order valence-corrected chi connectivity index (χ0v) is 15.7. The molecule has 1 aromatic carbocycles. The summed E-state index contributed by atoms with van der Waals surface area (Å²) in [5, 5.41) is 12.5. The van der Waals surface area contributed by atoms with Gasteiger partial charge < -0.3 is 15.0 Å². The number of hydrogen-bond donors (Lipinski definition) is 2. The van der Waals surface area contributed by atoms with Gasteiger partial charge in [0.2, 0.25) is 5.95 Å². The Morgan fingerprint density at radius 2 is 2.00 bits per heavy atom. The van der Waals surface area contributed by atoms with Crippen LogP contribution in [0.15, 0.2) is 64.2 Å². The van der Waals surface area contributed by atoms with Gasteiger partial charge in [0, 0.05) is 11.9 Å². The summed E-state index contributed by atoms with van der Waals surface area (Å²) >= 11 is 0. The van der Waals surface area contributed by atoms with Crippen molar-refractivity contribution in [2.45, 2.75) is 33.7 Å². The van der Waals surface area contributed by atoms with Crippen molar-refractivity contribution in [3.8, 4) is 0 Å². The number of aromatic nitrogens is 2. The Bertz CT molecular complexity index is 987. The summed E-state index contributed by atoms with van der Waals surface area (Å²) in [5.41, 5.74) is 3.39. The normalized spacial score (nSPS) is 16.9. The highest BCUT2D eigenvalue weighted by molar-refractivity contribution is 5.86. The highest BCUT2D eigenvalue weighted by Gasteiger charge is 2.19. The molecule has 6 nitrogen and oxygen atoms in total. The van der Waals surface area contributed by atoms with Gasteiger partial charge in [-0.1, -0.05) is 48.4 Å². The lowest BCUT2D eigenvalue weighted by Gasteiger charge is -2.25. The van der Waals surface area contributed by atoms with Crippen LogP contribution in [-0.2, 0) is 6.54 Å². The second kappa shape index (κ2) is 7.61. The molecule has 0 aliphatic heterocycles. The number of hydrogen-bond acceptors (Lipinski definition) is 4. The van der Waals surface area contributed by atoms with E-state index >= 15 is 0 Å². The molecule has 3 rings (SSSR count). The lowest BCUT2D eigenvalue weighted by atomic mass is 9.89. The predicted molar refractivity (Wildman–Crippen MR) is 105 cm³/mol. The van der Waals surface area contributed by atoms with E-state index in [2.05, 4.69) is 37.1 Å². The molecule has 1 aliphatic carbocycles. The van der Waals surface area contributed by atoms with Gasteiger partial charge >= 0.3 is 5.97 Å². The summed E-state index contributed by atoms with van der Waals surface area (Å²) in [6.07, 6.45) is 4.35. The minimum absolute atomic E-state index is 0.259. The van der Waals surface area contributed by atoms with Crippen LogP contribution in [0.4, 0.5) is 5.95 Å². The third kappa shape index (κ3) is 4.16. The van der Waals surface area contributed by atoms with E-state index in [-0.39, 0.29) is 11.5 Å². The van der Waals surface area contributed by atoms with Crippen LogP contribution in [0.2, 0.25) is 0 Å². The molecule has 2 aromatic rings. The number of carboxylic acid groups (broad SMARTS) is 1. The molecule has 0 spiro atoms. The van der Waals surface area contributed by atoms with Gasteiger partial charge in [0.15, 0.2) is 0 Å². The quantitative estimate of drug-likeness (QED) is 0.845. The molecule has 0 saturated carbocycles. The third-order valence-corrected chi connectivity index (χ3v) is 4.87. The summed E-state index contributed by atoms with van der Waals surface area (Å²) in [7, 11) is 0. The molecular weight excluding hydrogens is 342 g/mol. The Morgan fingerprint density at radius 3 is 2.67 bits per heavy atom. The van der Waals surface area contributed by atoms with E-state index in [1.807, 2.05) is 30.3 Å². The first kappa shape index (κ1) is 18.6. The molecule has 2 N–H and O–H groups in total. The maximum absolute atomic E-state index is 12.2. The van der Waals surface area contributed by atoms with Gasteiger partial charge in [-0.3, -0.25) is 4.79 Å². The number of nitrogens with zero attached hydrogens (tertiary/aromatic N) is 2. The van der Waals surface area contributed by atoms with E-state index in [4.69, 9.17) is 0 Å². The fourth-order valence-corrected chi connectivity index (χ4v) is 3.16. The molecule has 27 heavy (non-hydrogen) atoms. The molecule has 1 aliphatic rings. The number of carbonyl (C=O) groups is 1. The van der Waals surface area contributed by atoms with Crippen LogP contribution in [0.3, 0.4) is 0 Å². The lowest BCUT2D eigenvalue weighted by Crippen LogP contribution is -2.26. The van der Waals surface area contributed by atoms with E-state index in [0.29, 0.717) is 12.5 Å². The van der Waals surface area contributed by atoms with E-state index in [0.717, 1.165) is 17.7 Å². The molecule has 6 heteroatoms. The molecule has 0 saturated heterocycles. The minimum atomic E-state index is -1.28. The molecule has 0 bridgehead atoms. The molecule has 0 amide bonds. The maximum Gasteiger partial charge on any atom is 0.342 e. The van der Waals surface area contributed by atoms with Crippen LogP contribution < -0.4 is 10.9 Å². The van der Waals surface area contributed by atoms with Crippen molar-refractivity contribution in [2.24, 2.45) is 5.92 Å². The largest absolute Gasteiger partial charge is 0.477 e. The monoisotopic (exact) mass is 365 g/mol. The zero-order chi connectivity index (χ0) is 19.6. The van der Waals surface area contributed by atoms with Crippen molar-refractivity contribution < 1.29 is 9.90 Å². The summed E-state index contributed by atoms with van der Waals surface area (Å²) < 4.78 is 1.67. The van der Waals surface area contributed by atoms with Gasteiger partial charge in [-0.2, -0.15) is 4.98 Å². The molecule has 1 atom stereocenters. The molecular formula is C21H23N3O3. The topological polar surface area (TPSA) is 84.2 Å². The van der Waals surface area contributed by atoms with Crippen molar-refractivity contribution >= 4 is 11.9 Å². The standard InChI is InChI=1S/C21H23N3O3/c1-13-9-15(3)18(10-14(13)2)22-21-23-19(25)17(20(26)27)12-24(21)11-16-7-5-4-6-8-16/h4-8,10,12,15H,9,11H2,1-3H3,(H,26,27)(H,22,23,25). The first-order valence-electron chi connectivity index (χ1n) is 8.89. The first-order valence-corrected chi connectivity index (χ1v) is 8.89. The van der Waals surface area contributed by atoms with Gasteiger partial charge in [0.25, 0.3) is 5.56 Å².